The third-order valence-electron chi connectivity index (χ3n) is 4.42. The molecule has 0 bridgehead atoms. The number of aromatic amines is 1. The zero-order chi connectivity index (χ0) is 14.8. The molecular weight excluding hydrogens is 268 g/mol. The molecule has 1 aliphatic heterocycles. The van der Waals surface area contributed by atoms with Gasteiger partial charge in [0, 0.05) is 11.7 Å². The minimum Gasteiger partial charge on any atom is -0.350 e. The van der Waals surface area contributed by atoms with Gasteiger partial charge in [-0.3, -0.25) is 14.7 Å². The van der Waals surface area contributed by atoms with Crippen molar-refractivity contribution in [2.45, 2.75) is 57.5 Å². The quantitative estimate of drug-likeness (QED) is 0.879. The van der Waals surface area contributed by atoms with Gasteiger partial charge in [-0.05, 0) is 25.3 Å². The Balaban J connectivity index is 1.79. The van der Waals surface area contributed by atoms with Crippen molar-refractivity contribution in [3.63, 3.8) is 0 Å². The van der Waals surface area contributed by atoms with Gasteiger partial charge < -0.3 is 10.2 Å². The summed E-state index contributed by atoms with van der Waals surface area (Å²) in [5.74, 6) is -0.184. The predicted molar refractivity (Wildman–Crippen MR) is 77.8 cm³/mol. The summed E-state index contributed by atoms with van der Waals surface area (Å²) in [5.41, 5.74) is 1.40. The maximum Gasteiger partial charge on any atom is 0.275 e. The number of carbonyl (C=O) groups is 2. The molecule has 0 aromatic carbocycles. The molecule has 2 aliphatic rings. The van der Waals surface area contributed by atoms with Crippen LogP contribution in [0.25, 0.3) is 0 Å². The number of fused-ring (bicyclic) bond motifs is 1. The van der Waals surface area contributed by atoms with Gasteiger partial charge >= 0.3 is 0 Å². The second-order valence-corrected chi connectivity index (χ2v) is 5.99. The number of H-pyrrole nitrogens is 1. The van der Waals surface area contributed by atoms with Crippen molar-refractivity contribution >= 4 is 11.8 Å². The first-order chi connectivity index (χ1) is 10.2. The number of nitrogens with zero attached hydrogens (tertiary/aromatic N) is 2. The molecule has 3 rings (SSSR count). The minimum absolute atomic E-state index is 0.0594. The molecule has 2 amide bonds. The second-order valence-electron chi connectivity index (χ2n) is 5.99. The highest BCUT2D eigenvalue weighted by atomic mass is 16.2. The van der Waals surface area contributed by atoms with Crippen LogP contribution < -0.4 is 5.32 Å². The highest BCUT2D eigenvalue weighted by Crippen LogP contribution is 2.26. The van der Waals surface area contributed by atoms with E-state index in [1.807, 2.05) is 6.07 Å². The smallest absolute Gasteiger partial charge is 0.275 e. The Morgan fingerprint density at radius 1 is 1.43 bits per heavy atom. The van der Waals surface area contributed by atoms with Crippen LogP contribution in [0.15, 0.2) is 6.07 Å². The van der Waals surface area contributed by atoms with Crippen molar-refractivity contribution in [1.29, 1.82) is 0 Å². The molecule has 1 aliphatic carbocycles. The lowest BCUT2D eigenvalue weighted by Gasteiger charge is -2.43. The topological polar surface area (TPSA) is 78.1 Å². The second kappa shape index (κ2) is 5.87. The molecule has 2 fully saturated rings. The monoisotopic (exact) mass is 290 g/mol. The zero-order valence-electron chi connectivity index (χ0n) is 12.4. The third-order valence-corrected chi connectivity index (χ3v) is 4.42. The Morgan fingerprint density at radius 3 is 3.05 bits per heavy atom. The van der Waals surface area contributed by atoms with Crippen LogP contribution in [0.4, 0.5) is 0 Å². The fraction of sp³-hybridized carbons (Fsp3) is 0.667. The molecule has 2 atom stereocenters. The molecule has 0 unspecified atom stereocenters. The van der Waals surface area contributed by atoms with E-state index in [2.05, 4.69) is 22.4 Å². The van der Waals surface area contributed by atoms with E-state index >= 15 is 0 Å². The van der Waals surface area contributed by atoms with Gasteiger partial charge in [0.2, 0.25) is 5.91 Å². The van der Waals surface area contributed by atoms with E-state index in [0.717, 1.165) is 44.2 Å². The number of hydrogen-bond acceptors (Lipinski definition) is 3. The average molecular weight is 290 g/mol. The maximum atomic E-state index is 12.7. The number of aryl methyl sites for hydroxylation is 1. The Morgan fingerprint density at radius 2 is 2.24 bits per heavy atom. The van der Waals surface area contributed by atoms with Crippen LogP contribution in [0.5, 0.6) is 0 Å². The van der Waals surface area contributed by atoms with Crippen LogP contribution in [-0.2, 0) is 11.2 Å². The number of nitrogens with one attached hydrogen (secondary N) is 2. The van der Waals surface area contributed by atoms with Crippen LogP contribution in [0.3, 0.4) is 0 Å². The molecule has 1 aromatic rings. The van der Waals surface area contributed by atoms with Crippen molar-refractivity contribution in [3.05, 3.63) is 17.5 Å². The van der Waals surface area contributed by atoms with Gasteiger partial charge in [-0.15, -0.1) is 0 Å². The number of carbonyl (C=O) groups excluding carboxylic acids is 2. The van der Waals surface area contributed by atoms with Gasteiger partial charge in [-0.1, -0.05) is 26.2 Å². The molecule has 6 nitrogen and oxygen atoms in total. The molecular formula is C15H22N4O2. The van der Waals surface area contributed by atoms with E-state index in [-0.39, 0.29) is 30.4 Å². The summed E-state index contributed by atoms with van der Waals surface area (Å²) in [4.78, 5) is 26.2. The first kappa shape index (κ1) is 14.1. The van der Waals surface area contributed by atoms with Crippen molar-refractivity contribution < 1.29 is 9.59 Å². The fourth-order valence-electron chi connectivity index (χ4n) is 3.42. The predicted octanol–water partition coefficient (Wildman–Crippen LogP) is 1.25. The van der Waals surface area contributed by atoms with Crippen LogP contribution in [0.2, 0.25) is 0 Å². The Labute approximate surface area is 124 Å². The Hall–Kier alpha value is -1.85. The van der Waals surface area contributed by atoms with Crippen LogP contribution >= 0.6 is 0 Å². The van der Waals surface area contributed by atoms with E-state index < -0.39 is 0 Å². The lowest BCUT2D eigenvalue weighted by molar-refractivity contribution is -0.127. The zero-order valence-corrected chi connectivity index (χ0v) is 12.4. The average Bonchev–Trinajstić information content (AvgIpc) is 2.94. The standard InChI is InChI=1S/C15H22N4O2/c1-2-5-10-8-12(18-17-10)15(21)19-9-14(20)16-11-6-3-4-7-13(11)19/h8,11,13H,2-7,9H2,1H3,(H,16,20)(H,17,18)/t11-,13-/m1/s1. The number of amides is 2. The summed E-state index contributed by atoms with van der Waals surface area (Å²) in [6.07, 6.45) is 6.04. The Kier molecular flexibility index (Phi) is 3.94. The summed E-state index contributed by atoms with van der Waals surface area (Å²) in [7, 11) is 0. The third kappa shape index (κ3) is 2.80. The molecule has 2 N–H and O–H groups in total. The van der Waals surface area contributed by atoms with E-state index in [0.29, 0.717) is 5.69 Å². The maximum absolute atomic E-state index is 12.7. The SMILES string of the molecule is CCCc1cc(C(=O)N2CC(=O)N[C@@H]3CCCC[C@H]32)n[nH]1. The van der Waals surface area contributed by atoms with Gasteiger partial charge in [-0.2, -0.15) is 5.10 Å². The van der Waals surface area contributed by atoms with Gasteiger partial charge in [0.25, 0.3) is 5.91 Å². The van der Waals surface area contributed by atoms with E-state index in [9.17, 15) is 9.59 Å². The number of piperazine rings is 1. The molecule has 1 saturated heterocycles. The molecule has 2 heterocycles. The lowest BCUT2D eigenvalue weighted by Crippen LogP contribution is -2.62. The molecule has 6 heteroatoms. The number of hydrogen-bond donors (Lipinski definition) is 2. The van der Waals surface area contributed by atoms with Gasteiger partial charge in [0.1, 0.15) is 12.2 Å². The van der Waals surface area contributed by atoms with E-state index in [4.69, 9.17) is 0 Å². The summed E-state index contributed by atoms with van der Waals surface area (Å²) in [6.45, 7) is 2.24. The fourth-order valence-corrected chi connectivity index (χ4v) is 3.42. The molecule has 21 heavy (non-hydrogen) atoms. The van der Waals surface area contributed by atoms with E-state index in [1.165, 1.54) is 0 Å². The molecule has 114 valence electrons. The van der Waals surface area contributed by atoms with Crippen LogP contribution in [0, 0.1) is 0 Å². The first-order valence-corrected chi connectivity index (χ1v) is 7.83. The lowest BCUT2D eigenvalue weighted by atomic mass is 9.87. The Bertz CT molecular complexity index is 540. The minimum atomic E-state index is -0.125. The van der Waals surface area contributed by atoms with Gasteiger partial charge in [-0.25, -0.2) is 0 Å². The summed E-state index contributed by atoms with van der Waals surface area (Å²) < 4.78 is 0. The van der Waals surface area contributed by atoms with Crippen molar-refractivity contribution in [1.82, 2.24) is 20.4 Å². The van der Waals surface area contributed by atoms with Gasteiger partial charge in [0.15, 0.2) is 0 Å². The van der Waals surface area contributed by atoms with Crippen LogP contribution in [-0.4, -0.2) is 45.5 Å². The largest absolute Gasteiger partial charge is 0.350 e. The van der Waals surface area contributed by atoms with Gasteiger partial charge in [0.05, 0.1) is 6.04 Å². The summed E-state index contributed by atoms with van der Waals surface area (Å²) >= 11 is 0. The first-order valence-electron chi connectivity index (χ1n) is 7.83. The van der Waals surface area contributed by atoms with Crippen molar-refractivity contribution in [3.8, 4) is 0 Å². The van der Waals surface area contributed by atoms with Crippen molar-refractivity contribution in [2.75, 3.05) is 6.54 Å². The molecule has 0 spiro atoms. The molecule has 1 saturated carbocycles. The summed E-state index contributed by atoms with van der Waals surface area (Å²) in [5, 5.41) is 10.1. The molecule has 0 radical (unpaired) electrons. The number of rotatable bonds is 3. The normalized spacial score (nSPS) is 25.4. The summed E-state index contributed by atoms with van der Waals surface area (Å²) in [6, 6.07) is 2.05. The highest BCUT2D eigenvalue weighted by molar-refractivity contribution is 5.96. The van der Waals surface area contributed by atoms with Crippen molar-refractivity contribution in [2.24, 2.45) is 0 Å². The van der Waals surface area contributed by atoms with E-state index in [1.54, 1.807) is 4.90 Å². The number of aromatic nitrogens is 2. The molecule has 1 aromatic heterocycles. The van der Waals surface area contributed by atoms with Crippen LogP contribution in [0.1, 0.15) is 55.2 Å². The highest BCUT2D eigenvalue weighted by Gasteiger charge is 2.39.